The lowest BCUT2D eigenvalue weighted by atomic mass is 9.72. The third-order valence-corrected chi connectivity index (χ3v) is 6.33. The van der Waals surface area contributed by atoms with E-state index in [1.807, 2.05) is 32.0 Å². The number of rotatable bonds is 7. The number of hydrogen-bond acceptors (Lipinski definition) is 3. The summed E-state index contributed by atoms with van der Waals surface area (Å²) in [5, 5.41) is 21.6. The molecule has 3 aromatic rings. The van der Waals surface area contributed by atoms with Gasteiger partial charge in [-0.05, 0) is 34.9 Å². The van der Waals surface area contributed by atoms with Crippen LogP contribution in [0.1, 0.15) is 63.4 Å². The molecule has 0 amide bonds. The van der Waals surface area contributed by atoms with Gasteiger partial charge in [-0.15, -0.1) is 0 Å². The Labute approximate surface area is 194 Å². The van der Waals surface area contributed by atoms with E-state index in [0.717, 1.165) is 11.1 Å². The van der Waals surface area contributed by atoms with Crippen molar-refractivity contribution in [2.45, 2.75) is 70.3 Å². The van der Waals surface area contributed by atoms with Gasteiger partial charge in [0.2, 0.25) is 0 Å². The van der Waals surface area contributed by atoms with Crippen LogP contribution in [-0.4, -0.2) is 29.2 Å². The number of halogens is 2. The van der Waals surface area contributed by atoms with Gasteiger partial charge in [-0.3, -0.25) is 0 Å². The highest BCUT2D eigenvalue weighted by atomic mass is 19.3. The molecule has 0 radical (unpaired) electrons. The van der Waals surface area contributed by atoms with Gasteiger partial charge in [0.15, 0.2) is 0 Å². The van der Waals surface area contributed by atoms with E-state index in [1.165, 1.54) is 0 Å². The quantitative estimate of drug-likeness (QED) is 0.443. The van der Waals surface area contributed by atoms with E-state index in [4.69, 9.17) is 4.74 Å². The summed E-state index contributed by atoms with van der Waals surface area (Å²) in [4.78, 5) is 3.06. The standard InChI is InChI=1S/C27H32F2N2O2/c1-25(2,3)17-11-12-23(33-6)20(13-17)26(4,5)16-27(32,24(28)29)14-22-19(15-30)18-9-7-8-10-21(18)31-22/h7-13,24,31-32H,14,16H2,1-6H3. The normalized spacial score (nSPS) is 14.3. The fraction of sp³-hybridized carbons (Fsp3) is 0.444. The zero-order chi connectivity index (χ0) is 24.6. The lowest BCUT2D eigenvalue weighted by Gasteiger charge is -2.37. The summed E-state index contributed by atoms with van der Waals surface area (Å²) >= 11 is 0. The molecular formula is C27H32F2N2O2. The number of nitrogens with zero attached hydrogens (tertiary/aromatic N) is 1. The van der Waals surface area contributed by atoms with Crippen molar-refractivity contribution in [2.75, 3.05) is 7.11 Å². The number of H-pyrrole nitrogens is 1. The van der Waals surface area contributed by atoms with E-state index in [0.29, 0.717) is 22.3 Å². The summed E-state index contributed by atoms with van der Waals surface area (Å²) in [6.45, 7) is 9.92. The van der Waals surface area contributed by atoms with Crippen LogP contribution in [0.3, 0.4) is 0 Å². The zero-order valence-electron chi connectivity index (χ0n) is 20.1. The van der Waals surface area contributed by atoms with Crippen LogP contribution in [0.2, 0.25) is 0 Å². The number of methoxy groups -OCH3 is 1. The molecule has 3 rings (SSSR count). The van der Waals surface area contributed by atoms with E-state index in [2.05, 4.69) is 31.8 Å². The van der Waals surface area contributed by atoms with Crippen LogP contribution >= 0.6 is 0 Å². The van der Waals surface area contributed by atoms with Gasteiger partial charge in [0.1, 0.15) is 17.4 Å². The van der Waals surface area contributed by atoms with Gasteiger partial charge >= 0.3 is 0 Å². The van der Waals surface area contributed by atoms with Crippen molar-refractivity contribution in [2.24, 2.45) is 0 Å². The van der Waals surface area contributed by atoms with Crippen LogP contribution in [0.4, 0.5) is 8.78 Å². The van der Waals surface area contributed by atoms with Crippen molar-refractivity contribution in [1.29, 1.82) is 5.26 Å². The number of alkyl halides is 2. The lowest BCUT2D eigenvalue weighted by Crippen LogP contribution is -2.45. The van der Waals surface area contributed by atoms with Gasteiger partial charge in [-0.25, -0.2) is 8.78 Å². The molecule has 1 aromatic heterocycles. The van der Waals surface area contributed by atoms with E-state index < -0.39 is 17.4 Å². The predicted octanol–water partition coefficient (Wildman–Crippen LogP) is 6.25. The molecule has 0 aliphatic carbocycles. The summed E-state index contributed by atoms with van der Waals surface area (Å²) in [5.74, 6) is 0.591. The molecular weight excluding hydrogens is 422 g/mol. The van der Waals surface area contributed by atoms with Crippen LogP contribution in [-0.2, 0) is 17.3 Å². The first kappa shape index (κ1) is 24.7. The summed E-state index contributed by atoms with van der Waals surface area (Å²) in [7, 11) is 1.55. The molecule has 33 heavy (non-hydrogen) atoms. The molecule has 0 spiro atoms. The minimum Gasteiger partial charge on any atom is -0.496 e. The Morgan fingerprint density at radius 3 is 2.33 bits per heavy atom. The van der Waals surface area contributed by atoms with Crippen LogP contribution in [0.25, 0.3) is 10.9 Å². The number of aliphatic hydroxyl groups is 1. The molecule has 2 N–H and O–H groups in total. The largest absolute Gasteiger partial charge is 0.496 e. The molecule has 4 nitrogen and oxygen atoms in total. The first-order chi connectivity index (χ1) is 15.3. The van der Waals surface area contributed by atoms with Crippen molar-refractivity contribution in [3.05, 3.63) is 64.8 Å². The first-order valence-corrected chi connectivity index (χ1v) is 11.0. The Balaban J connectivity index is 2.04. The highest BCUT2D eigenvalue weighted by Crippen LogP contribution is 2.42. The average Bonchev–Trinajstić information content (AvgIpc) is 3.08. The number of para-hydroxylation sites is 1. The van der Waals surface area contributed by atoms with Crippen LogP contribution < -0.4 is 4.74 Å². The van der Waals surface area contributed by atoms with Crippen LogP contribution in [0.5, 0.6) is 5.75 Å². The fourth-order valence-corrected chi connectivity index (χ4v) is 4.54. The Hall–Kier alpha value is -2.91. The Morgan fingerprint density at radius 2 is 1.76 bits per heavy atom. The van der Waals surface area contributed by atoms with Gasteiger partial charge in [0.25, 0.3) is 6.43 Å². The van der Waals surface area contributed by atoms with Gasteiger partial charge < -0.3 is 14.8 Å². The number of nitriles is 1. The van der Waals surface area contributed by atoms with Gasteiger partial charge in [0.05, 0.1) is 12.7 Å². The van der Waals surface area contributed by atoms with Crippen molar-refractivity contribution < 1.29 is 18.6 Å². The lowest BCUT2D eigenvalue weighted by molar-refractivity contribution is -0.110. The molecule has 1 unspecified atom stereocenters. The third kappa shape index (κ3) is 4.89. The molecule has 6 heteroatoms. The molecule has 1 atom stereocenters. The highest BCUT2D eigenvalue weighted by molar-refractivity contribution is 5.87. The first-order valence-electron chi connectivity index (χ1n) is 11.0. The smallest absolute Gasteiger partial charge is 0.267 e. The van der Waals surface area contributed by atoms with Crippen LogP contribution in [0, 0.1) is 11.3 Å². The van der Waals surface area contributed by atoms with Gasteiger partial charge in [0, 0.05) is 28.6 Å². The van der Waals surface area contributed by atoms with Crippen molar-refractivity contribution in [3.8, 4) is 11.8 Å². The maximum absolute atomic E-state index is 14.4. The monoisotopic (exact) mass is 454 g/mol. The minimum atomic E-state index is -3.01. The number of hydrogen-bond donors (Lipinski definition) is 2. The number of aromatic amines is 1. The summed E-state index contributed by atoms with van der Waals surface area (Å²) < 4.78 is 34.3. The second-order valence-corrected chi connectivity index (χ2v) is 10.4. The number of fused-ring (bicyclic) bond motifs is 1. The van der Waals surface area contributed by atoms with Crippen molar-refractivity contribution >= 4 is 10.9 Å². The molecule has 0 aliphatic rings. The molecule has 1 heterocycles. The molecule has 0 saturated heterocycles. The van der Waals surface area contributed by atoms with E-state index in [1.54, 1.807) is 31.4 Å². The number of benzene rings is 2. The Bertz CT molecular complexity index is 1190. The number of aromatic nitrogens is 1. The van der Waals surface area contributed by atoms with E-state index in [9.17, 15) is 19.1 Å². The SMILES string of the molecule is COc1ccc(C(C)(C)C)cc1C(C)(C)CC(O)(Cc1[nH]c2ccccc2c1C#N)C(F)F. The predicted molar refractivity (Wildman–Crippen MR) is 127 cm³/mol. The van der Waals surface area contributed by atoms with E-state index >= 15 is 0 Å². The second-order valence-electron chi connectivity index (χ2n) is 10.4. The summed E-state index contributed by atoms with van der Waals surface area (Å²) in [6, 6.07) is 15.1. The van der Waals surface area contributed by atoms with Gasteiger partial charge in [-0.2, -0.15) is 5.26 Å². The minimum absolute atomic E-state index is 0.137. The number of nitrogens with one attached hydrogen (secondary N) is 1. The average molecular weight is 455 g/mol. The maximum atomic E-state index is 14.4. The molecule has 0 fully saturated rings. The van der Waals surface area contributed by atoms with Crippen molar-refractivity contribution in [1.82, 2.24) is 4.98 Å². The van der Waals surface area contributed by atoms with E-state index in [-0.39, 0.29) is 23.8 Å². The Kier molecular flexibility index (Phi) is 6.59. The fourth-order valence-electron chi connectivity index (χ4n) is 4.54. The Morgan fingerprint density at radius 1 is 1.09 bits per heavy atom. The summed E-state index contributed by atoms with van der Waals surface area (Å²) in [6.07, 6.45) is -3.60. The molecule has 0 aliphatic heterocycles. The molecule has 176 valence electrons. The maximum Gasteiger partial charge on any atom is 0.267 e. The summed E-state index contributed by atoms with van der Waals surface area (Å²) in [5.41, 5.74) is -0.234. The van der Waals surface area contributed by atoms with Gasteiger partial charge in [-0.1, -0.05) is 65.0 Å². The highest BCUT2D eigenvalue weighted by Gasteiger charge is 2.45. The zero-order valence-corrected chi connectivity index (χ0v) is 20.1. The number of ether oxygens (including phenoxy) is 1. The second kappa shape index (κ2) is 8.79. The molecule has 0 bridgehead atoms. The molecule has 2 aromatic carbocycles. The molecule has 0 saturated carbocycles. The topological polar surface area (TPSA) is 69.0 Å². The van der Waals surface area contributed by atoms with Crippen molar-refractivity contribution in [3.63, 3.8) is 0 Å². The van der Waals surface area contributed by atoms with Crippen LogP contribution in [0.15, 0.2) is 42.5 Å². The third-order valence-electron chi connectivity index (χ3n) is 6.33.